The van der Waals surface area contributed by atoms with Crippen LogP contribution in [0.25, 0.3) is 0 Å². The molecule has 1 amide bonds. The van der Waals surface area contributed by atoms with E-state index in [4.69, 9.17) is 11.6 Å². The number of anilines is 1. The van der Waals surface area contributed by atoms with Crippen LogP contribution in [-0.4, -0.2) is 57.1 Å². The molecule has 1 N–H and O–H groups in total. The van der Waals surface area contributed by atoms with Crippen LogP contribution >= 0.6 is 11.6 Å². The van der Waals surface area contributed by atoms with Crippen LogP contribution in [0.3, 0.4) is 0 Å². The molecule has 0 aromatic heterocycles. The van der Waals surface area contributed by atoms with Gasteiger partial charge in [0.1, 0.15) is 6.34 Å². The summed E-state index contributed by atoms with van der Waals surface area (Å²) in [4.78, 5) is 16.8. The van der Waals surface area contributed by atoms with Crippen LogP contribution in [0.2, 0.25) is 5.02 Å². The van der Waals surface area contributed by atoms with E-state index < -0.39 is 10.0 Å². The third-order valence-electron chi connectivity index (χ3n) is 5.67. The summed E-state index contributed by atoms with van der Waals surface area (Å²) < 4.78 is 29.9. The predicted molar refractivity (Wildman–Crippen MR) is 127 cm³/mol. The third kappa shape index (κ3) is 5.31. The molecule has 1 aliphatic heterocycles. The van der Waals surface area contributed by atoms with Crippen LogP contribution in [0.1, 0.15) is 29.5 Å². The van der Waals surface area contributed by atoms with Crippen molar-refractivity contribution in [2.45, 2.75) is 43.2 Å². The maximum absolute atomic E-state index is 13.0. The maximum atomic E-state index is 13.0. The first-order valence-electron chi connectivity index (χ1n) is 10.6. The van der Waals surface area contributed by atoms with Gasteiger partial charge in [0.05, 0.1) is 11.3 Å². The molecule has 1 heterocycles. The molecule has 0 saturated heterocycles. The molecule has 1 aliphatic carbocycles. The summed E-state index contributed by atoms with van der Waals surface area (Å²) in [5.74, 6) is -0.256. The Bertz CT molecular complexity index is 1160. The first-order valence-corrected chi connectivity index (χ1v) is 12.4. The van der Waals surface area contributed by atoms with E-state index in [0.29, 0.717) is 35.3 Å². The molecule has 4 rings (SSSR count). The second-order valence-corrected chi connectivity index (χ2v) is 10.5. The Labute approximate surface area is 194 Å². The van der Waals surface area contributed by atoms with E-state index in [-0.39, 0.29) is 17.2 Å². The summed E-state index contributed by atoms with van der Waals surface area (Å²) in [5, 5.41) is 3.38. The van der Waals surface area contributed by atoms with Gasteiger partial charge in [-0.25, -0.2) is 0 Å². The van der Waals surface area contributed by atoms with Crippen LogP contribution in [0, 0.1) is 0 Å². The highest BCUT2D eigenvalue weighted by atomic mass is 35.5. The molecule has 1 fully saturated rings. The van der Waals surface area contributed by atoms with Gasteiger partial charge in [-0.3, -0.25) is 9.69 Å². The molecule has 32 heavy (non-hydrogen) atoms. The number of hydrogen-bond donors (Lipinski definition) is 1. The topological polar surface area (TPSA) is 82.1 Å². The van der Waals surface area contributed by atoms with Gasteiger partial charge in [0.2, 0.25) is 5.91 Å². The van der Waals surface area contributed by atoms with Crippen molar-refractivity contribution in [3.05, 3.63) is 58.1 Å². The lowest BCUT2D eigenvalue weighted by Gasteiger charge is -2.30. The minimum Gasteiger partial charge on any atom is -0.368 e. The summed E-state index contributed by atoms with van der Waals surface area (Å²) in [6.07, 6.45) is 4.39. The number of carbonyl (C=O) groups is 1. The summed E-state index contributed by atoms with van der Waals surface area (Å²) in [5.41, 5.74) is 2.89. The number of nitrogens with zero attached hydrogens (tertiary/aromatic N) is 3. The molecular formula is C23H27ClN4O3S. The Balaban J connectivity index is 1.65. The molecular weight excluding hydrogens is 448 g/mol. The second-order valence-electron chi connectivity index (χ2n) is 8.54. The van der Waals surface area contributed by atoms with Crippen LogP contribution in [-0.2, 0) is 34.2 Å². The fourth-order valence-electron chi connectivity index (χ4n) is 3.97. The van der Waals surface area contributed by atoms with Gasteiger partial charge in [0.25, 0.3) is 10.0 Å². The normalized spacial score (nSPS) is 16.7. The fourth-order valence-corrected chi connectivity index (χ4v) is 5.42. The number of halogens is 1. The summed E-state index contributed by atoms with van der Waals surface area (Å²) in [7, 11) is -0.475. The molecule has 2 aliphatic rings. The molecule has 0 unspecified atom stereocenters. The lowest BCUT2D eigenvalue weighted by molar-refractivity contribution is -0.115. The number of benzene rings is 2. The van der Waals surface area contributed by atoms with Gasteiger partial charge < -0.3 is 10.2 Å². The second kappa shape index (κ2) is 9.21. The Morgan fingerprint density at radius 1 is 1.28 bits per heavy atom. The Hall–Kier alpha value is -2.42. The lowest BCUT2D eigenvalue weighted by Crippen LogP contribution is -2.33. The highest BCUT2D eigenvalue weighted by molar-refractivity contribution is 7.90. The summed E-state index contributed by atoms with van der Waals surface area (Å²) in [6, 6.07) is 11.2. The lowest BCUT2D eigenvalue weighted by atomic mass is 9.98. The molecule has 0 spiro atoms. The molecule has 0 bridgehead atoms. The van der Waals surface area contributed by atoms with E-state index in [1.165, 1.54) is 25.2 Å². The molecule has 170 valence electrons. The van der Waals surface area contributed by atoms with Crippen molar-refractivity contribution >= 4 is 39.6 Å². The van der Waals surface area contributed by atoms with Gasteiger partial charge in [0.15, 0.2) is 0 Å². The quantitative estimate of drug-likeness (QED) is 0.491. The smallest absolute Gasteiger partial charge is 0.284 e. The number of fused-ring (bicyclic) bond motifs is 1. The monoisotopic (exact) mass is 474 g/mol. The molecule has 9 heteroatoms. The number of nitrogens with one attached hydrogen (secondary N) is 1. The van der Waals surface area contributed by atoms with Crippen molar-refractivity contribution in [3.8, 4) is 0 Å². The molecule has 7 nitrogen and oxygen atoms in total. The highest BCUT2D eigenvalue weighted by Crippen LogP contribution is 2.35. The zero-order valence-electron chi connectivity index (χ0n) is 18.2. The number of rotatable bonds is 7. The van der Waals surface area contributed by atoms with Crippen molar-refractivity contribution in [2.24, 2.45) is 4.40 Å². The van der Waals surface area contributed by atoms with Crippen molar-refractivity contribution in [3.63, 3.8) is 0 Å². The van der Waals surface area contributed by atoms with Gasteiger partial charge in [-0.2, -0.15) is 8.42 Å². The number of hydrogen-bond acceptors (Lipinski definition) is 4. The fraction of sp³-hybridized carbons (Fsp3) is 0.391. The van der Waals surface area contributed by atoms with Gasteiger partial charge >= 0.3 is 0 Å². The summed E-state index contributed by atoms with van der Waals surface area (Å²) >= 11 is 6.18. The van der Waals surface area contributed by atoms with Gasteiger partial charge in [-0.15, -0.1) is 4.40 Å². The Morgan fingerprint density at radius 2 is 2.03 bits per heavy atom. The third-order valence-corrected chi connectivity index (χ3v) is 7.34. The van der Waals surface area contributed by atoms with Crippen molar-refractivity contribution in [2.75, 3.05) is 26.0 Å². The van der Waals surface area contributed by atoms with Crippen LogP contribution in [0.5, 0.6) is 0 Å². The van der Waals surface area contributed by atoms with E-state index >= 15 is 0 Å². The SMILES string of the molecule is CN(C)/C=N/S(=O)(=O)c1cc(NC(=O)Cc2ccccc2Cl)cc2c1CCN(C1CC1)C2. The van der Waals surface area contributed by atoms with Gasteiger partial charge in [-0.1, -0.05) is 29.8 Å². The van der Waals surface area contributed by atoms with Crippen molar-refractivity contribution in [1.29, 1.82) is 0 Å². The zero-order valence-corrected chi connectivity index (χ0v) is 19.8. The molecule has 0 atom stereocenters. The van der Waals surface area contributed by atoms with Crippen LogP contribution < -0.4 is 5.32 Å². The van der Waals surface area contributed by atoms with E-state index in [9.17, 15) is 13.2 Å². The van der Waals surface area contributed by atoms with E-state index in [1.807, 2.05) is 18.2 Å². The highest BCUT2D eigenvalue weighted by Gasteiger charge is 2.33. The maximum Gasteiger partial charge on any atom is 0.284 e. The zero-order chi connectivity index (χ0) is 22.9. The molecule has 2 aromatic rings. The first kappa shape index (κ1) is 22.8. The van der Waals surface area contributed by atoms with E-state index in [0.717, 1.165) is 17.7 Å². The predicted octanol–water partition coefficient (Wildman–Crippen LogP) is 3.32. The van der Waals surface area contributed by atoms with E-state index in [1.54, 1.807) is 31.1 Å². The largest absolute Gasteiger partial charge is 0.368 e. The number of carbonyl (C=O) groups excluding carboxylic acids is 1. The van der Waals surface area contributed by atoms with Crippen molar-refractivity contribution in [1.82, 2.24) is 9.80 Å². The van der Waals surface area contributed by atoms with Gasteiger partial charge in [0, 0.05) is 43.9 Å². The van der Waals surface area contributed by atoms with Crippen LogP contribution in [0.15, 0.2) is 45.7 Å². The number of amides is 1. The van der Waals surface area contributed by atoms with E-state index in [2.05, 4.69) is 14.6 Å². The number of sulfonamides is 1. The molecule has 0 radical (unpaired) electrons. The molecule has 2 aromatic carbocycles. The minimum atomic E-state index is -3.91. The Morgan fingerprint density at radius 3 is 2.72 bits per heavy atom. The average Bonchev–Trinajstić information content (AvgIpc) is 3.58. The minimum absolute atomic E-state index is 0.103. The van der Waals surface area contributed by atoms with Gasteiger partial charge in [-0.05, 0) is 54.2 Å². The Kier molecular flexibility index (Phi) is 6.55. The standard InChI is InChI=1S/C23H27ClN4O3S/c1-27(2)15-25-32(30,31)22-13-18(26-23(29)12-16-5-3-4-6-21(16)24)11-17-14-28(19-7-8-19)10-9-20(17)22/h3-6,11,13,15,19H,7-10,12,14H2,1-2H3,(H,26,29)/b25-15+. The molecule has 1 saturated carbocycles. The summed E-state index contributed by atoms with van der Waals surface area (Å²) in [6.45, 7) is 1.50. The van der Waals surface area contributed by atoms with Crippen molar-refractivity contribution < 1.29 is 13.2 Å². The van der Waals surface area contributed by atoms with Crippen LogP contribution in [0.4, 0.5) is 5.69 Å². The average molecular weight is 475 g/mol. The first-order chi connectivity index (χ1) is 15.2.